The van der Waals surface area contributed by atoms with E-state index in [1.807, 2.05) is 0 Å². The van der Waals surface area contributed by atoms with Crippen LogP contribution in [0.15, 0.2) is 47.3 Å². The number of benzene rings is 2. The number of unbranched alkanes of at least 4 members (excludes halogenated alkanes) is 1. The summed E-state index contributed by atoms with van der Waals surface area (Å²) >= 11 is 0. The van der Waals surface area contributed by atoms with Gasteiger partial charge in [-0.3, -0.25) is 24.2 Å². The summed E-state index contributed by atoms with van der Waals surface area (Å²) in [7, 11) is 0. The molecule has 252 valence electrons. The van der Waals surface area contributed by atoms with Crippen molar-refractivity contribution < 1.29 is 33.9 Å². The molecule has 0 aliphatic rings. The fourth-order valence-corrected chi connectivity index (χ4v) is 5.03. The Bertz CT molecular complexity index is 1650. The number of hydrogen-bond acceptors (Lipinski definition) is 8. The lowest BCUT2D eigenvalue weighted by Crippen LogP contribution is -2.46. The molecule has 0 aliphatic carbocycles. The average Bonchev–Trinajstić information content (AvgIpc) is 3.07. The summed E-state index contributed by atoms with van der Waals surface area (Å²) in [6.45, 7) is 3.97. The molecule has 46 heavy (non-hydrogen) atoms. The first kappa shape index (κ1) is 28.0. The predicted molar refractivity (Wildman–Crippen MR) is 180 cm³/mol. The molecule has 0 spiro atoms. The maximum Gasteiger partial charge on any atom is 0.224 e. The number of phenolic OH excluding ortho intramolecular Hbond substituents is 1. The fraction of sp³-hybridized carbons (Fsp3) is 0.500. The lowest BCUT2D eigenvalue weighted by molar-refractivity contribution is -0.133. The zero-order chi connectivity index (χ0) is 40.4. The highest BCUT2D eigenvalue weighted by atomic mass is 16.3. The number of primary amides is 1. The fourth-order valence-electron chi connectivity index (χ4n) is 5.03. The minimum absolute atomic E-state index is 0.0154. The Morgan fingerprint density at radius 2 is 1.57 bits per heavy atom. The molecule has 0 bridgehead atoms. The summed E-state index contributed by atoms with van der Waals surface area (Å²) in [6, 6.07) is -3.46. The standard InChI is InChI=1S/C34H51N7O5/c1-21-15-26(42)16-22(2)27(21)18-25(20-30(43)28(36)11-8-14-40-34(38)39)33(46)41-29(12-6-7-13-35)31(44)19-24(32(37)45)17-23-9-4-3-5-10-23/h3-5,9-10,15-16,24-25,28-29,42H,6-8,11-14,17-20,35-36H2,1-2H3,(H2,37,45)(H,41,46)(H4,38,39,40)/t24-,25-,28-,29+/m1/s1/i3D,4D,5D,9D,10D,17D2. The van der Waals surface area contributed by atoms with Gasteiger partial charge in [-0.05, 0) is 99.7 Å². The number of aliphatic imine (C=N–C) groups is 1. The molecule has 0 unspecified atom stereocenters. The van der Waals surface area contributed by atoms with E-state index in [-0.39, 0.29) is 50.5 Å². The van der Waals surface area contributed by atoms with E-state index in [2.05, 4.69) is 10.3 Å². The lowest BCUT2D eigenvalue weighted by Gasteiger charge is -2.25. The summed E-state index contributed by atoms with van der Waals surface area (Å²) in [5.74, 6) is -6.40. The highest BCUT2D eigenvalue weighted by molar-refractivity contribution is 5.94. The summed E-state index contributed by atoms with van der Waals surface area (Å²) < 4.78 is 57.7. The summed E-state index contributed by atoms with van der Waals surface area (Å²) in [4.78, 5) is 57.9. The summed E-state index contributed by atoms with van der Waals surface area (Å²) in [6.07, 6.45) is -2.75. The molecular formula is C34H51N7O5. The number of hydrogen-bond donors (Lipinski definition) is 7. The molecule has 12 heteroatoms. The number of carbonyl (C=O) groups excluding carboxylic acids is 4. The Morgan fingerprint density at radius 3 is 2.15 bits per heavy atom. The number of Topliss-reactive ketones (excluding diaryl/α,β-unsaturated/α-hetero) is 2. The van der Waals surface area contributed by atoms with E-state index >= 15 is 0 Å². The van der Waals surface area contributed by atoms with Crippen LogP contribution in [0.1, 0.15) is 76.8 Å². The van der Waals surface area contributed by atoms with Gasteiger partial charge in [0.2, 0.25) is 11.8 Å². The van der Waals surface area contributed by atoms with E-state index < -0.39 is 95.9 Å². The van der Waals surface area contributed by atoms with Crippen LogP contribution >= 0.6 is 0 Å². The molecule has 12 nitrogen and oxygen atoms in total. The van der Waals surface area contributed by atoms with E-state index in [4.69, 9.17) is 38.3 Å². The molecule has 0 aliphatic heterocycles. The number of ketones is 2. The van der Waals surface area contributed by atoms with Crippen LogP contribution in [0.3, 0.4) is 0 Å². The molecule has 12 N–H and O–H groups in total. The number of rotatable bonds is 21. The molecule has 2 aromatic carbocycles. The first-order chi connectivity index (χ1) is 24.6. The third-order valence-electron chi connectivity index (χ3n) is 7.55. The van der Waals surface area contributed by atoms with Gasteiger partial charge in [-0.1, -0.05) is 30.2 Å². The summed E-state index contributed by atoms with van der Waals surface area (Å²) in [5, 5.41) is 12.8. The van der Waals surface area contributed by atoms with Gasteiger partial charge >= 0.3 is 0 Å². The van der Waals surface area contributed by atoms with Crippen molar-refractivity contribution in [3.8, 4) is 5.75 Å². The highest BCUT2D eigenvalue weighted by Gasteiger charge is 2.31. The van der Waals surface area contributed by atoms with Crippen molar-refractivity contribution >= 4 is 29.3 Å². The Labute approximate surface area is 281 Å². The van der Waals surface area contributed by atoms with Crippen molar-refractivity contribution in [3.63, 3.8) is 0 Å². The van der Waals surface area contributed by atoms with Crippen LogP contribution < -0.4 is 34.0 Å². The minimum Gasteiger partial charge on any atom is -0.508 e. The number of guanidine groups is 1. The molecule has 0 aromatic heterocycles. The van der Waals surface area contributed by atoms with Crippen LogP contribution in [0, 0.1) is 25.7 Å². The third-order valence-corrected chi connectivity index (χ3v) is 7.55. The van der Waals surface area contributed by atoms with Crippen LogP contribution in [0.5, 0.6) is 5.75 Å². The number of phenols is 1. The highest BCUT2D eigenvalue weighted by Crippen LogP contribution is 2.26. The van der Waals surface area contributed by atoms with Crippen molar-refractivity contribution in [1.82, 2.24) is 5.32 Å². The second-order valence-electron chi connectivity index (χ2n) is 11.3. The van der Waals surface area contributed by atoms with Gasteiger partial charge in [-0.25, -0.2) is 0 Å². The van der Waals surface area contributed by atoms with Crippen LogP contribution in [0.2, 0.25) is 0 Å². The molecule has 2 aromatic rings. The predicted octanol–water partition coefficient (Wildman–Crippen LogP) is 1.43. The number of nitrogens with zero attached hydrogens (tertiary/aromatic N) is 1. The van der Waals surface area contributed by atoms with Crippen molar-refractivity contribution in [2.75, 3.05) is 13.1 Å². The molecule has 0 saturated heterocycles. The maximum absolute atomic E-state index is 14.1. The van der Waals surface area contributed by atoms with Crippen LogP contribution in [-0.4, -0.2) is 59.6 Å². The molecule has 0 radical (unpaired) electrons. The van der Waals surface area contributed by atoms with Gasteiger partial charge in [0.1, 0.15) is 11.5 Å². The van der Waals surface area contributed by atoms with Crippen molar-refractivity contribution in [2.24, 2.45) is 45.5 Å². The van der Waals surface area contributed by atoms with E-state index in [0.29, 0.717) is 36.0 Å². The largest absolute Gasteiger partial charge is 0.508 e. The Kier molecular flexibility index (Phi) is 11.7. The Hall–Kier alpha value is -4.29. The molecule has 0 saturated carbocycles. The second-order valence-corrected chi connectivity index (χ2v) is 11.3. The van der Waals surface area contributed by atoms with Gasteiger partial charge in [0.05, 0.1) is 18.9 Å². The quantitative estimate of drug-likeness (QED) is 0.0589. The molecule has 2 amide bonds. The van der Waals surface area contributed by atoms with Gasteiger partial charge in [0.15, 0.2) is 11.7 Å². The molecule has 4 atom stereocenters. The SMILES string of the molecule is [2H]c1c([2H])c([2H])c(C([2H])([2H])[C@H](CC(=O)[C@H](CCCCN)NC(=O)[C@@H](CC(=O)[C@H](N)CCCN=C(N)N)Cc2c(C)cc(O)cc2C)C(N)=O)c([2H])c1[2H]. The van der Waals surface area contributed by atoms with Gasteiger partial charge in [-0.2, -0.15) is 0 Å². The first-order valence-electron chi connectivity index (χ1n) is 18.7. The van der Waals surface area contributed by atoms with Crippen LogP contribution in [0.4, 0.5) is 0 Å². The van der Waals surface area contributed by atoms with Crippen molar-refractivity contribution in [2.45, 2.75) is 83.7 Å². The van der Waals surface area contributed by atoms with Gasteiger partial charge in [0.25, 0.3) is 0 Å². The number of aromatic hydroxyl groups is 1. The first-order valence-corrected chi connectivity index (χ1v) is 15.2. The molecule has 0 fully saturated rings. The lowest BCUT2D eigenvalue weighted by atomic mass is 9.86. The van der Waals surface area contributed by atoms with Crippen molar-refractivity contribution in [3.05, 3.63) is 64.6 Å². The number of carbonyl (C=O) groups is 4. The van der Waals surface area contributed by atoms with Gasteiger partial charge in [0, 0.05) is 34.0 Å². The minimum atomic E-state index is -3.00. The molecule has 0 heterocycles. The maximum atomic E-state index is 14.1. The van der Waals surface area contributed by atoms with E-state index in [1.54, 1.807) is 13.8 Å². The zero-order valence-electron chi connectivity index (χ0n) is 33.4. The van der Waals surface area contributed by atoms with E-state index in [9.17, 15) is 24.3 Å². The second kappa shape index (κ2) is 19.3. The average molecular weight is 645 g/mol. The van der Waals surface area contributed by atoms with Crippen LogP contribution in [0.25, 0.3) is 0 Å². The number of amides is 2. The zero-order valence-corrected chi connectivity index (χ0v) is 26.4. The number of nitrogens with one attached hydrogen (secondary N) is 1. The third kappa shape index (κ3) is 13.0. The normalized spacial score (nSPS) is 16.1. The smallest absolute Gasteiger partial charge is 0.224 e. The molecular weight excluding hydrogens is 586 g/mol. The summed E-state index contributed by atoms with van der Waals surface area (Å²) in [5.41, 5.74) is 29.3. The Balaban J connectivity index is 2.49. The molecule has 2 rings (SSSR count). The topological polar surface area (TPSA) is 243 Å². The number of aryl methyl sites for hydroxylation is 2. The van der Waals surface area contributed by atoms with Gasteiger partial charge in [-0.15, -0.1) is 0 Å². The number of nitrogens with two attached hydrogens (primary N) is 5. The van der Waals surface area contributed by atoms with E-state index in [0.717, 1.165) is 0 Å². The van der Waals surface area contributed by atoms with Crippen LogP contribution in [-0.2, 0) is 32.0 Å². The van der Waals surface area contributed by atoms with E-state index in [1.165, 1.54) is 12.1 Å². The Morgan fingerprint density at radius 1 is 0.935 bits per heavy atom. The van der Waals surface area contributed by atoms with Crippen molar-refractivity contribution in [1.29, 1.82) is 0 Å². The monoisotopic (exact) mass is 644 g/mol. The van der Waals surface area contributed by atoms with Gasteiger partial charge < -0.3 is 39.1 Å².